The van der Waals surface area contributed by atoms with Crippen LogP contribution in [0.2, 0.25) is 0 Å². The predicted molar refractivity (Wildman–Crippen MR) is 89.9 cm³/mol. The molecule has 0 fully saturated rings. The summed E-state index contributed by atoms with van der Waals surface area (Å²) in [6, 6.07) is 11.4. The first-order valence-corrected chi connectivity index (χ1v) is 7.58. The van der Waals surface area contributed by atoms with Crippen molar-refractivity contribution in [1.29, 1.82) is 0 Å². The van der Waals surface area contributed by atoms with E-state index in [-0.39, 0.29) is 17.0 Å². The smallest absolute Gasteiger partial charge is 0.331 e. The number of hydrogen-bond donors (Lipinski definition) is 4. The Hall–Kier alpha value is -3.68. The average molecular weight is 355 g/mol. The molecule has 3 rings (SSSR count). The van der Waals surface area contributed by atoms with E-state index in [0.29, 0.717) is 11.3 Å². The molecule has 4 N–H and O–H groups in total. The molecule has 26 heavy (non-hydrogen) atoms. The first-order chi connectivity index (χ1) is 12.5. The minimum Gasteiger partial charge on any atom is -0.508 e. The lowest BCUT2D eigenvalue weighted by Crippen LogP contribution is -2.34. The van der Waals surface area contributed by atoms with Gasteiger partial charge in [0.25, 0.3) is 5.91 Å². The number of aromatic amines is 1. The minimum absolute atomic E-state index is 0.0238. The maximum Gasteiger partial charge on any atom is 0.331 e. The number of aromatic hydroxyl groups is 1. The monoisotopic (exact) mass is 355 g/mol. The van der Waals surface area contributed by atoms with Crippen molar-refractivity contribution in [1.82, 2.24) is 15.5 Å². The Morgan fingerprint density at radius 3 is 2.46 bits per heavy atom. The summed E-state index contributed by atoms with van der Waals surface area (Å²) in [6.45, 7) is 0. The number of carbonyl (C=O) groups is 2. The Balaban J connectivity index is 1.82. The number of aromatic nitrogens is 2. The molecule has 0 saturated carbocycles. The van der Waals surface area contributed by atoms with Crippen LogP contribution in [0, 0.1) is 5.82 Å². The van der Waals surface area contributed by atoms with Gasteiger partial charge in [0.2, 0.25) is 0 Å². The molecule has 0 saturated heterocycles. The van der Waals surface area contributed by atoms with Crippen molar-refractivity contribution in [2.75, 3.05) is 0 Å². The van der Waals surface area contributed by atoms with Crippen LogP contribution in [0.5, 0.6) is 5.75 Å². The molecule has 1 heterocycles. The van der Waals surface area contributed by atoms with Crippen LogP contribution in [0.3, 0.4) is 0 Å². The summed E-state index contributed by atoms with van der Waals surface area (Å²) < 4.78 is 13.9. The van der Waals surface area contributed by atoms with E-state index in [1.807, 2.05) is 0 Å². The number of aliphatic carboxylic acids is 1. The van der Waals surface area contributed by atoms with Crippen LogP contribution in [-0.2, 0) is 4.79 Å². The minimum atomic E-state index is -1.54. The number of rotatable bonds is 5. The lowest BCUT2D eigenvalue weighted by Gasteiger charge is -2.14. The summed E-state index contributed by atoms with van der Waals surface area (Å²) in [5.74, 6) is -2.76. The summed E-state index contributed by atoms with van der Waals surface area (Å²) in [6.07, 6.45) is 0. The predicted octanol–water partition coefficient (Wildman–Crippen LogP) is 2.48. The molecule has 8 heteroatoms. The second-order valence-corrected chi connectivity index (χ2v) is 5.48. The van der Waals surface area contributed by atoms with Crippen LogP contribution >= 0.6 is 0 Å². The Labute approximate surface area is 147 Å². The van der Waals surface area contributed by atoms with E-state index in [1.54, 1.807) is 12.1 Å². The van der Waals surface area contributed by atoms with Gasteiger partial charge in [-0.25, -0.2) is 9.18 Å². The van der Waals surface area contributed by atoms with Gasteiger partial charge in [-0.1, -0.05) is 18.2 Å². The molecule has 1 amide bonds. The lowest BCUT2D eigenvalue weighted by atomic mass is 10.1. The zero-order valence-electron chi connectivity index (χ0n) is 13.3. The van der Waals surface area contributed by atoms with Crippen molar-refractivity contribution >= 4 is 11.9 Å². The summed E-state index contributed by atoms with van der Waals surface area (Å²) in [4.78, 5) is 23.8. The van der Waals surface area contributed by atoms with Crippen molar-refractivity contribution < 1.29 is 24.2 Å². The maximum absolute atomic E-state index is 13.9. The normalized spacial score (nSPS) is 11.7. The molecule has 0 bridgehead atoms. The fraction of sp³-hybridized carbons (Fsp3) is 0.0556. The van der Waals surface area contributed by atoms with Gasteiger partial charge < -0.3 is 15.5 Å². The van der Waals surface area contributed by atoms with Crippen LogP contribution in [0.4, 0.5) is 4.39 Å². The van der Waals surface area contributed by atoms with E-state index in [9.17, 15) is 24.2 Å². The molecule has 0 aliphatic carbocycles. The van der Waals surface area contributed by atoms with Crippen molar-refractivity contribution in [3.05, 3.63) is 71.7 Å². The van der Waals surface area contributed by atoms with Gasteiger partial charge in [-0.15, -0.1) is 0 Å². The Kier molecular flexibility index (Phi) is 4.66. The number of phenolic OH excluding ortho intramolecular Hbond substituents is 1. The highest BCUT2D eigenvalue weighted by atomic mass is 19.1. The van der Waals surface area contributed by atoms with Gasteiger partial charge in [0.05, 0.1) is 5.69 Å². The highest BCUT2D eigenvalue weighted by molar-refractivity contribution is 5.96. The van der Waals surface area contributed by atoms with Crippen LogP contribution in [0.25, 0.3) is 11.3 Å². The fourth-order valence-corrected chi connectivity index (χ4v) is 2.41. The molecule has 1 unspecified atom stereocenters. The molecule has 0 radical (unpaired) electrons. The van der Waals surface area contributed by atoms with Gasteiger partial charge in [0.1, 0.15) is 17.3 Å². The third-order valence-corrected chi connectivity index (χ3v) is 3.72. The van der Waals surface area contributed by atoms with E-state index in [1.165, 1.54) is 36.4 Å². The standard InChI is InChI=1S/C18H14FN3O4/c19-13-4-2-1-3-12(13)16(18(25)26)20-17(24)15-9-14(21-22-15)10-5-7-11(23)8-6-10/h1-9,16,23H,(H,20,24)(H,21,22)(H,25,26). The molecule has 1 atom stereocenters. The molecule has 2 aromatic carbocycles. The van der Waals surface area contributed by atoms with Gasteiger partial charge in [-0.3, -0.25) is 9.89 Å². The number of carboxylic acids is 1. The van der Waals surface area contributed by atoms with Crippen molar-refractivity contribution in [2.45, 2.75) is 6.04 Å². The third-order valence-electron chi connectivity index (χ3n) is 3.72. The van der Waals surface area contributed by atoms with Gasteiger partial charge in [-0.05, 0) is 36.4 Å². The van der Waals surface area contributed by atoms with Gasteiger partial charge >= 0.3 is 5.97 Å². The molecule has 132 valence electrons. The number of carbonyl (C=O) groups excluding carboxylic acids is 1. The number of hydrogen-bond acceptors (Lipinski definition) is 4. The van der Waals surface area contributed by atoms with Gasteiger partial charge in [0, 0.05) is 11.1 Å². The summed E-state index contributed by atoms with van der Waals surface area (Å²) >= 11 is 0. The SMILES string of the molecule is O=C(NC(C(=O)O)c1ccccc1F)c1cc(-c2ccc(O)cc2)n[nH]1. The second-order valence-electron chi connectivity index (χ2n) is 5.48. The number of nitrogens with zero attached hydrogens (tertiary/aromatic N) is 1. The Morgan fingerprint density at radius 1 is 1.12 bits per heavy atom. The van der Waals surface area contributed by atoms with Gasteiger partial charge in [-0.2, -0.15) is 5.10 Å². The molecular weight excluding hydrogens is 341 g/mol. The maximum atomic E-state index is 13.9. The average Bonchev–Trinajstić information content (AvgIpc) is 3.11. The summed E-state index contributed by atoms with van der Waals surface area (Å²) in [5.41, 5.74) is 0.970. The van der Waals surface area contributed by atoms with E-state index in [4.69, 9.17) is 0 Å². The number of amides is 1. The number of phenols is 1. The molecule has 0 spiro atoms. The first-order valence-electron chi connectivity index (χ1n) is 7.58. The highest BCUT2D eigenvalue weighted by Crippen LogP contribution is 2.21. The summed E-state index contributed by atoms with van der Waals surface area (Å²) in [5, 5.41) is 27.4. The van der Waals surface area contributed by atoms with Crippen LogP contribution in [-0.4, -0.2) is 32.3 Å². The zero-order valence-corrected chi connectivity index (χ0v) is 13.3. The molecule has 0 aliphatic heterocycles. The largest absolute Gasteiger partial charge is 0.508 e. The number of benzene rings is 2. The zero-order chi connectivity index (χ0) is 18.7. The molecule has 3 aromatic rings. The van der Waals surface area contributed by atoms with Crippen molar-refractivity contribution in [3.63, 3.8) is 0 Å². The number of carboxylic acid groups (broad SMARTS) is 1. The third kappa shape index (κ3) is 3.54. The Morgan fingerprint density at radius 2 is 1.81 bits per heavy atom. The van der Waals surface area contributed by atoms with Crippen molar-refractivity contribution in [3.8, 4) is 17.0 Å². The van der Waals surface area contributed by atoms with E-state index in [0.717, 1.165) is 6.07 Å². The van der Waals surface area contributed by atoms with Crippen LogP contribution < -0.4 is 5.32 Å². The van der Waals surface area contributed by atoms with Crippen LogP contribution in [0.15, 0.2) is 54.6 Å². The molecule has 1 aromatic heterocycles. The molecule has 7 nitrogen and oxygen atoms in total. The lowest BCUT2D eigenvalue weighted by molar-refractivity contribution is -0.139. The fourth-order valence-electron chi connectivity index (χ4n) is 2.41. The Bertz CT molecular complexity index is 953. The highest BCUT2D eigenvalue weighted by Gasteiger charge is 2.26. The van der Waals surface area contributed by atoms with Crippen molar-refractivity contribution in [2.24, 2.45) is 0 Å². The first kappa shape index (κ1) is 17.2. The van der Waals surface area contributed by atoms with Gasteiger partial charge in [0.15, 0.2) is 6.04 Å². The molecular formula is C18H14FN3O4. The quantitative estimate of drug-likeness (QED) is 0.561. The topological polar surface area (TPSA) is 115 Å². The number of H-pyrrole nitrogens is 1. The summed E-state index contributed by atoms with van der Waals surface area (Å²) in [7, 11) is 0. The number of halogens is 1. The van der Waals surface area contributed by atoms with E-state index >= 15 is 0 Å². The number of nitrogens with one attached hydrogen (secondary N) is 2. The van der Waals surface area contributed by atoms with Crippen LogP contribution in [0.1, 0.15) is 22.1 Å². The molecule has 0 aliphatic rings. The van der Waals surface area contributed by atoms with E-state index < -0.39 is 23.7 Å². The van der Waals surface area contributed by atoms with E-state index in [2.05, 4.69) is 15.5 Å². The second kappa shape index (κ2) is 7.06.